The monoisotopic (exact) mass is 456 g/mol. The summed E-state index contributed by atoms with van der Waals surface area (Å²) in [4.78, 5) is 19.3. The molecule has 0 saturated carbocycles. The van der Waals surface area contributed by atoms with Crippen molar-refractivity contribution in [3.8, 4) is 11.3 Å². The highest BCUT2D eigenvalue weighted by Crippen LogP contribution is 2.33. The highest BCUT2D eigenvalue weighted by Gasteiger charge is 2.28. The lowest BCUT2D eigenvalue weighted by molar-refractivity contribution is 0.0692. The molecule has 0 unspecified atom stereocenters. The number of carbonyl (C=O) groups excluding carboxylic acids is 1. The SMILES string of the molecule is COCCCN(Cc1c(-c2ccc(F)cc2)noc1N1CCN(C)CC1)C(=O)c1ccco1. The fourth-order valence-corrected chi connectivity index (χ4v) is 3.93. The second kappa shape index (κ2) is 10.6. The van der Waals surface area contributed by atoms with E-state index in [-0.39, 0.29) is 24.0 Å². The van der Waals surface area contributed by atoms with Crippen molar-refractivity contribution < 1.29 is 22.9 Å². The van der Waals surface area contributed by atoms with Gasteiger partial charge in [-0.2, -0.15) is 0 Å². The minimum atomic E-state index is -0.322. The highest BCUT2D eigenvalue weighted by molar-refractivity contribution is 5.91. The molecular formula is C24H29FN4O4. The molecule has 33 heavy (non-hydrogen) atoms. The van der Waals surface area contributed by atoms with E-state index in [0.29, 0.717) is 31.2 Å². The molecule has 2 aromatic heterocycles. The zero-order valence-electron chi connectivity index (χ0n) is 19.0. The number of benzene rings is 1. The molecule has 3 aromatic rings. The molecule has 1 fully saturated rings. The molecule has 9 heteroatoms. The lowest BCUT2D eigenvalue weighted by Gasteiger charge is -2.33. The Bertz CT molecular complexity index is 1030. The van der Waals surface area contributed by atoms with Crippen molar-refractivity contribution >= 4 is 11.8 Å². The van der Waals surface area contributed by atoms with Crippen LogP contribution in [0.2, 0.25) is 0 Å². The number of hydrogen-bond donors (Lipinski definition) is 0. The summed E-state index contributed by atoms with van der Waals surface area (Å²) >= 11 is 0. The maximum atomic E-state index is 13.5. The standard InChI is InChI=1S/C24H29FN4O4/c1-27-11-13-28(14-12-27)24-20(22(26-33-24)18-6-8-19(25)9-7-18)17-29(10-4-15-31-2)23(30)21-5-3-16-32-21/h3,5-9,16H,4,10-15,17H2,1-2H3. The molecule has 4 rings (SSSR count). The smallest absolute Gasteiger partial charge is 0.289 e. The Balaban J connectivity index is 1.69. The Morgan fingerprint density at radius 2 is 1.94 bits per heavy atom. The zero-order valence-corrected chi connectivity index (χ0v) is 19.0. The molecule has 8 nitrogen and oxygen atoms in total. The first-order valence-electron chi connectivity index (χ1n) is 11.1. The minimum absolute atomic E-state index is 0.216. The van der Waals surface area contributed by atoms with Crippen molar-refractivity contribution in [2.24, 2.45) is 0 Å². The molecule has 1 saturated heterocycles. The van der Waals surface area contributed by atoms with Gasteiger partial charge in [0.2, 0.25) is 5.88 Å². The van der Waals surface area contributed by atoms with Gasteiger partial charge < -0.3 is 28.4 Å². The predicted molar refractivity (Wildman–Crippen MR) is 122 cm³/mol. The van der Waals surface area contributed by atoms with E-state index >= 15 is 0 Å². The highest BCUT2D eigenvalue weighted by atomic mass is 19.1. The van der Waals surface area contributed by atoms with Gasteiger partial charge in [-0.15, -0.1) is 0 Å². The summed E-state index contributed by atoms with van der Waals surface area (Å²) in [5.41, 5.74) is 2.13. The fraction of sp³-hybridized carbons (Fsp3) is 0.417. The van der Waals surface area contributed by atoms with Gasteiger partial charge in [-0.25, -0.2) is 4.39 Å². The summed E-state index contributed by atoms with van der Waals surface area (Å²) in [6.45, 7) is 4.66. The van der Waals surface area contributed by atoms with Crippen LogP contribution in [0.1, 0.15) is 22.5 Å². The van der Waals surface area contributed by atoms with Gasteiger partial charge in [-0.05, 0) is 49.9 Å². The minimum Gasteiger partial charge on any atom is -0.459 e. The number of amides is 1. The van der Waals surface area contributed by atoms with Gasteiger partial charge in [0.15, 0.2) is 5.76 Å². The van der Waals surface area contributed by atoms with Gasteiger partial charge in [-0.1, -0.05) is 5.16 Å². The van der Waals surface area contributed by atoms with Crippen LogP contribution < -0.4 is 4.90 Å². The molecular weight excluding hydrogens is 427 g/mol. The van der Waals surface area contributed by atoms with Crippen LogP contribution in [0.4, 0.5) is 10.3 Å². The Hall–Kier alpha value is -3.17. The number of anilines is 1. The van der Waals surface area contributed by atoms with E-state index in [1.165, 1.54) is 18.4 Å². The Morgan fingerprint density at radius 1 is 1.18 bits per heavy atom. The lowest BCUT2D eigenvalue weighted by Crippen LogP contribution is -2.45. The number of hydrogen-bond acceptors (Lipinski definition) is 7. The maximum absolute atomic E-state index is 13.5. The average Bonchev–Trinajstić information content (AvgIpc) is 3.50. The molecule has 3 heterocycles. The second-order valence-electron chi connectivity index (χ2n) is 8.16. The molecule has 0 bridgehead atoms. The Kier molecular flexibility index (Phi) is 7.41. The van der Waals surface area contributed by atoms with E-state index in [1.807, 2.05) is 0 Å². The first kappa shape index (κ1) is 23.0. The third-order valence-corrected chi connectivity index (χ3v) is 5.82. The third kappa shape index (κ3) is 5.43. The Morgan fingerprint density at radius 3 is 2.61 bits per heavy atom. The van der Waals surface area contributed by atoms with E-state index in [9.17, 15) is 9.18 Å². The Labute approximate surface area is 192 Å². The van der Waals surface area contributed by atoms with Crippen molar-refractivity contribution in [2.45, 2.75) is 13.0 Å². The van der Waals surface area contributed by atoms with Crippen LogP contribution in [0.3, 0.4) is 0 Å². The first-order chi connectivity index (χ1) is 16.1. The van der Waals surface area contributed by atoms with Gasteiger partial charge in [-0.3, -0.25) is 4.79 Å². The molecule has 176 valence electrons. The van der Waals surface area contributed by atoms with Crippen molar-refractivity contribution in [3.05, 3.63) is 59.8 Å². The number of nitrogens with zero attached hydrogens (tertiary/aromatic N) is 4. The number of ether oxygens (including phenoxy) is 1. The van der Waals surface area contributed by atoms with Crippen LogP contribution in [0.15, 0.2) is 51.6 Å². The molecule has 1 aliphatic heterocycles. The van der Waals surface area contributed by atoms with E-state index < -0.39 is 0 Å². The van der Waals surface area contributed by atoms with Crippen LogP contribution in [-0.2, 0) is 11.3 Å². The maximum Gasteiger partial charge on any atom is 0.289 e. The summed E-state index contributed by atoms with van der Waals surface area (Å²) in [6, 6.07) is 9.49. The summed E-state index contributed by atoms with van der Waals surface area (Å²) in [6.07, 6.45) is 2.16. The molecule has 1 aliphatic rings. The quantitative estimate of drug-likeness (QED) is 0.456. The molecule has 1 aromatic carbocycles. The van der Waals surface area contributed by atoms with Crippen LogP contribution in [0.25, 0.3) is 11.3 Å². The van der Waals surface area contributed by atoms with E-state index in [4.69, 9.17) is 13.7 Å². The van der Waals surface area contributed by atoms with Gasteiger partial charge in [0.25, 0.3) is 5.91 Å². The van der Waals surface area contributed by atoms with Crippen LogP contribution in [-0.4, -0.2) is 74.4 Å². The van der Waals surface area contributed by atoms with Crippen LogP contribution in [0.5, 0.6) is 0 Å². The van der Waals surface area contributed by atoms with Gasteiger partial charge in [0.05, 0.1) is 18.4 Å². The van der Waals surface area contributed by atoms with E-state index in [2.05, 4.69) is 22.0 Å². The summed E-state index contributed by atoms with van der Waals surface area (Å²) < 4.78 is 29.9. The number of piperazine rings is 1. The summed E-state index contributed by atoms with van der Waals surface area (Å²) in [7, 11) is 3.72. The van der Waals surface area contributed by atoms with Crippen molar-refractivity contribution in [3.63, 3.8) is 0 Å². The summed E-state index contributed by atoms with van der Waals surface area (Å²) in [5.74, 6) is 0.378. The average molecular weight is 457 g/mol. The van der Waals surface area contributed by atoms with Crippen molar-refractivity contribution in [2.75, 3.05) is 58.4 Å². The zero-order chi connectivity index (χ0) is 23.2. The number of furan rings is 1. The molecule has 1 amide bonds. The van der Waals surface area contributed by atoms with E-state index in [0.717, 1.165) is 37.3 Å². The molecule has 0 spiro atoms. The van der Waals surface area contributed by atoms with Crippen molar-refractivity contribution in [1.29, 1.82) is 0 Å². The molecule has 0 atom stereocenters. The van der Waals surface area contributed by atoms with Gasteiger partial charge in [0, 0.05) is 52.0 Å². The fourth-order valence-electron chi connectivity index (χ4n) is 3.93. The third-order valence-electron chi connectivity index (χ3n) is 5.82. The largest absolute Gasteiger partial charge is 0.459 e. The number of methoxy groups -OCH3 is 1. The van der Waals surface area contributed by atoms with Crippen molar-refractivity contribution in [1.82, 2.24) is 15.0 Å². The number of halogens is 1. The number of rotatable bonds is 9. The topological polar surface area (TPSA) is 75.2 Å². The predicted octanol–water partition coefficient (Wildman–Crippen LogP) is 3.50. The van der Waals surface area contributed by atoms with E-state index in [1.54, 1.807) is 36.3 Å². The number of aromatic nitrogens is 1. The molecule has 0 aliphatic carbocycles. The lowest BCUT2D eigenvalue weighted by atomic mass is 10.1. The van der Waals surface area contributed by atoms with Gasteiger partial charge in [0.1, 0.15) is 11.5 Å². The molecule has 0 N–H and O–H groups in total. The normalized spacial score (nSPS) is 14.6. The number of likely N-dealkylation sites (N-methyl/N-ethyl adjacent to an activating group) is 1. The number of carbonyl (C=O) groups is 1. The first-order valence-corrected chi connectivity index (χ1v) is 11.1. The van der Waals surface area contributed by atoms with Crippen LogP contribution in [0, 0.1) is 5.82 Å². The van der Waals surface area contributed by atoms with Gasteiger partial charge >= 0.3 is 0 Å². The van der Waals surface area contributed by atoms with Crippen LogP contribution >= 0.6 is 0 Å². The second-order valence-corrected chi connectivity index (χ2v) is 8.16. The molecule has 0 radical (unpaired) electrons. The summed E-state index contributed by atoms with van der Waals surface area (Å²) in [5, 5.41) is 4.34.